The maximum Gasteiger partial charge on any atom is 0.251 e. The van der Waals surface area contributed by atoms with Gasteiger partial charge in [-0.05, 0) is 56.6 Å². The summed E-state index contributed by atoms with van der Waals surface area (Å²) in [4.78, 5) is 26.0. The van der Waals surface area contributed by atoms with Gasteiger partial charge in [0.15, 0.2) is 0 Å². The van der Waals surface area contributed by atoms with Crippen LogP contribution in [0.2, 0.25) is 5.02 Å². The molecule has 1 atom stereocenters. The summed E-state index contributed by atoms with van der Waals surface area (Å²) in [6, 6.07) is 6.76. The monoisotopic (exact) mass is 373 g/mol. The Kier molecular flexibility index (Phi) is 9.11. The Bertz CT molecular complexity index is 537. The van der Waals surface area contributed by atoms with Crippen molar-refractivity contribution in [1.29, 1.82) is 0 Å². The number of nitrogens with zero attached hydrogens (tertiary/aromatic N) is 1. The standard InChI is InChI=1S/C17H24ClN3O2.ClH/c1-19-11-13-8-10-21(12-13)16(22)3-2-9-20-17(23)14-4-6-15(18)7-5-14;/h4-7,13,19H,2-3,8-12H2,1H3,(H,20,23);1H. The molecule has 24 heavy (non-hydrogen) atoms. The smallest absolute Gasteiger partial charge is 0.251 e. The third-order valence-corrected chi connectivity index (χ3v) is 4.34. The Hall–Kier alpha value is -1.30. The lowest BCUT2D eigenvalue weighted by atomic mass is 10.1. The molecule has 0 radical (unpaired) electrons. The molecule has 1 aromatic carbocycles. The van der Waals surface area contributed by atoms with Gasteiger partial charge in [0.1, 0.15) is 0 Å². The number of halogens is 2. The maximum atomic E-state index is 12.1. The van der Waals surface area contributed by atoms with Crippen LogP contribution in [0.25, 0.3) is 0 Å². The van der Waals surface area contributed by atoms with Crippen molar-refractivity contribution in [3.05, 3.63) is 34.9 Å². The van der Waals surface area contributed by atoms with Crippen molar-refractivity contribution in [3.8, 4) is 0 Å². The van der Waals surface area contributed by atoms with Crippen molar-refractivity contribution in [1.82, 2.24) is 15.5 Å². The second kappa shape index (κ2) is 10.5. The first-order valence-electron chi connectivity index (χ1n) is 8.06. The molecule has 5 nitrogen and oxygen atoms in total. The average Bonchev–Trinajstić information content (AvgIpc) is 3.01. The van der Waals surface area contributed by atoms with E-state index in [1.807, 2.05) is 11.9 Å². The fraction of sp³-hybridized carbons (Fsp3) is 0.529. The van der Waals surface area contributed by atoms with Gasteiger partial charge >= 0.3 is 0 Å². The van der Waals surface area contributed by atoms with Crippen molar-refractivity contribution in [2.24, 2.45) is 5.92 Å². The molecule has 0 spiro atoms. The number of amides is 2. The van der Waals surface area contributed by atoms with Gasteiger partial charge in [-0.3, -0.25) is 9.59 Å². The van der Waals surface area contributed by atoms with Crippen molar-refractivity contribution in [2.75, 3.05) is 33.2 Å². The van der Waals surface area contributed by atoms with Crippen LogP contribution in [0.3, 0.4) is 0 Å². The summed E-state index contributed by atoms with van der Waals surface area (Å²) in [6.07, 6.45) is 2.21. The average molecular weight is 374 g/mol. The van der Waals surface area contributed by atoms with Gasteiger partial charge in [-0.25, -0.2) is 0 Å². The Morgan fingerprint density at radius 3 is 2.67 bits per heavy atom. The van der Waals surface area contributed by atoms with Crippen LogP contribution in [-0.4, -0.2) is 49.9 Å². The largest absolute Gasteiger partial charge is 0.352 e. The number of nitrogens with one attached hydrogen (secondary N) is 2. The van der Waals surface area contributed by atoms with Gasteiger partial charge in [0.25, 0.3) is 5.91 Å². The normalized spacial score (nSPS) is 16.6. The molecule has 0 bridgehead atoms. The Morgan fingerprint density at radius 1 is 1.29 bits per heavy atom. The summed E-state index contributed by atoms with van der Waals surface area (Å²) in [5.41, 5.74) is 0.579. The van der Waals surface area contributed by atoms with E-state index in [0.717, 1.165) is 26.1 Å². The minimum atomic E-state index is -0.135. The molecule has 134 valence electrons. The molecule has 0 aliphatic carbocycles. The van der Waals surface area contributed by atoms with E-state index < -0.39 is 0 Å². The minimum absolute atomic E-state index is 0. The molecule has 2 N–H and O–H groups in total. The Labute approximate surface area is 154 Å². The van der Waals surface area contributed by atoms with E-state index in [2.05, 4.69) is 10.6 Å². The third-order valence-electron chi connectivity index (χ3n) is 4.09. The lowest BCUT2D eigenvalue weighted by Crippen LogP contribution is -2.31. The topological polar surface area (TPSA) is 61.4 Å². The van der Waals surface area contributed by atoms with Crippen LogP contribution in [0.1, 0.15) is 29.6 Å². The molecular weight excluding hydrogens is 349 g/mol. The third kappa shape index (κ3) is 6.30. The molecule has 1 aromatic rings. The number of rotatable bonds is 7. The van der Waals surface area contributed by atoms with Crippen LogP contribution >= 0.6 is 24.0 Å². The molecule has 1 aliphatic rings. The predicted molar refractivity (Wildman–Crippen MR) is 98.9 cm³/mol. The molecule has 2 amide bonds. The van der Waals surface area contributed by atoms with Gasteiger partial charge in [-0.1, -0.05) is 11.6 Å². The zero-order valence-electron chi connectivity index (χ0n) is 13.9. The lowest BCUT2D eigenvalue weighted by Gasteiger charge is -2.16. The van der Waals surface area contributed by atoms with E-state index in [4.69, 9.17) is 11.6 Å². The molecule has 1 heterocycles. The predicted octanol–water partition coefficient (Wildman–Crippen LogP) is 2.34. The number of hydrogen-bond donors (Lipinski definition) is 2. The van der Waals surface area contributed by atoms with Crippen LogP contribution in [-0.2, 0) is 4.79 Å². The number of likely N-dealkylation sites (tertiary alicyclic amines) is 1. The van der Waals surface area contributed by atoms with Crippen molar-refractivity contribution < 1.29 is 9.59 Å². The molecule has 2 rings (SSSR count). The van der Waals surface area contributed by atoms with Gasteiger partial charge in [0.05, 0.1) is 0 Å². The number of carbonyl (C=O) groups excluding carboxylic acids is 2. The van der Waals surface area contributed by atoms with E-state index in [1.165, 1.54) is 0 Å². The van der Waals surface area contributed by atoms with E-state index in [1.54, 1.807) is 24.3 Å². The van der Waals surface area contributed by atoms with Gasteiger partial charge in [0, 0.05) is 36.6 Å². The molecule has 0 aromatic heterocycles. The summed E-state index contributed by atoms with van der Waals surface area (Å²) in [6.45, 7) is 3.15. The summed E-state index contributed by atoms with van der Waals surface area (Å²) in [5, 5.41) is 6.60. The minimum Gasteiger partial charge on any atom is -0.352 e. The first-order chi connectivity index (χ1) is 11.1. The molecule has 7 heteroatoms. The summed E-state index contributed by atoms with van der Waals surface area (Å²) < 4.78 is 0. The summed E-state index contributed by atoms with van der Waals surface area (Å²) in [5.74, 6) is 0.613. The van der Waals surface area contributed by atoms with E-state index in [9.17, 15) is 9.59 Å². The van der Waals surface area contributed by atoms with Crippen molar-refractivity contribution >= 4 is 35.8 Å². The summed E-state index contributed by atoms with van der Waals surface area (Å²) >= 11 is 5.79. The van der Waals surface area contributed by atoms with Crippen LogP contribution in [0.15, 0.2) is 24.3 Å². The van der Waals surface area contributed by atoms with Crippen LogP contribution < -0.4 is 10.6 Å². The molecule has 1 fully saturated rings. The fourth-order valence-electron chi connectivity index (χ4n) is 2.82. The highest BCUT2D eigenvalue weighted by atomic mass is 35.5. The zero-order valence-corrected chi connectivity index (χ0v) is 15.5. The lowest BCUT2D eigenvalue weighted by molar-refractivity contribution is -0.130. The first kappa shape index (κ1) is 20.7. The Balaban J connectivity index is 0.00000288. The zero-order chi connectivity index (χ0) is 16.7. The van der Waals surface area contributed by atoms with E-state index >= 15 is 0 Å². The van der Waals surface area contributed by atoms with Crippen LogP contribution in [0.4, 0.5) is 0 Å². The van der Waals surface area contributed by atoms with Gasteiger partial charge in [-0.15, -0.1) is 12.4 Å². The molecule has 0 saturated carbocycles. The molecule has 1 saturated heterocycles. The molecular formula is C17H25Cl2N3O2. The second-order valence-electron chi connectivity index (χ2n) is 5.92. The van der Waals surface area contributed by atoms with Gasteiger partial charge in [0.2, 0.25) is 5.91 Å². The van der Waals surface area contributed by atoms with Crippen LogP contribution in [0.5, 0.6) is 0 Å². The molecule has 1 unspecified atom stereocenters. The van der Waals surface area contributed by atoms with Gasteiger partial charge in [-0.2, -0.15) is 0 Å². The van der Waals surface area contributed by atoms with Crippen molar-refractivity contribution in [3.63, 3.8) is 0 Å². The fourth-order valence-corrected chi connectivity index (χ4v) is 2.94. The highest BCUT2D eigenvalue weighted by Gasteiger charge is 2.25. The maximum absolute atomic E-state index is 12.1. The van der Waals surface area contributed by atoms with Crippen LogP contribution in [0, 0.1) is 5.92 Å². The Morgan fingerprint density at radius 2 is 2.00 bits per heavy atom. The second-order valence-corrected chi connectivity index (χ2v) is 6.35. The van der Waals surface area contributed by atoms with Crippen molar-refractivity contribution in [2.45, 2.75) is 19.3 Å². The van der Waals surface area contributed by atoms with E-state index in [-0.39, 0.29) is 24.2 Å². The SMILES string of the molecule is CNCC1CCN(C(=O)CCCNC(=O)c2ccc(Cl)cc2)C1.Cl. The molecule has 1 aliphatic heterocycles. The highest BCUT2D eigenvalue weighted by molar-refractivity contribution is 6.30. The first-order valence-corrected chi connectivity index (χ1v) is 8.44. The quantitative estimate of drug-likeness (QED) is 0.721. The number of carbonyl (C=O) groups is 2. The number of hydrogen-bond acceptors (Lipinski definition) is 3. The summed E-state index contributed by atoms with van der Waals surface area (Å²) in [7, 11) is 1.94. The number of benzene rings is 1. The van der Waals surface area contributed by atoms with E-state index in [0.29, 0.717) is 35.9 Å². The van der Waals surface area contributed by atoms with Gasteiger partial charge < -0.3 is 15.5 Å². The highest BCUT2D eigenvalue weighted by Crippen LogP contribution is 2.16.